The van der Waals surface area contributed by atoms with Crippen LogP contribution in [-0.2, 0) is 16.1 Å². The molecule has 21 heavy (non-hydrogen) atoms. The average molecular weight is 284 g/mol. The number of esters is 2. The molecule has 0 saturated carbocycles. The standard InChI is InChI=1S/C17H16O4/c1-12-7-3-4-8-13(12)11-21-17(19)15-10-6-5-9-14(15)16(18)20-2/h3-10H,11H2,1-2H3. The number of benzene rings is 2. The lowest BCUT2D eigenvalue weighted by atomic mass is 10.1. The molecule has 0 unspecified atom stereocenters. The Morgan fingerprint density at radius 1 is 0.905 bits per heavy atom. The normalized spacial score (nSPS) is 10.0. The zero-order valence-corrected chi connectivity index (χ0v) is 12.0. The molecule has 108 valence electrons. The van der Waals surface area contributed by atoms with Crippen LogP contribution in [0.3, 0.4) is 0 Å². The minimum absolute atomic E-state index is 0.168. The lowest BCUT2D eigenvalue weighted by molar-refractivity contribution is 0.0457. The summed E-state index contributed by atoms with van der Waals surface area (Å²) in [7, 11) is 1.28. The highest BCUT2D eigenvalue weighted by Gasteiger charge is 2.18. The number of rotatable bonds is 4. The van der Waals surface area contributed by atoms with Crippen LogP contribution in [0.1, 0.15) is 31.8 Å². The van der Waals surface area contributed by atoms with Gasteiger partial charge in [-0.2, -0.15) is 0 Å². The van der Waals surface area contributed by atoms with Gasteiger partial charge >= 0.3 is 11.9 Å². The van der Waals surface area contributed by atoms with Crippen molar-refractivity contribution in [1.82, 2.24) is 0 Å². The number of methoxy groups -OCH3 is 1. The fourth-order valence-corrected chi connectivity index (χ4v) is 1.94. The fourth-order valence-electron chi connectivity index (χ4n) is 1.94. The van der Waals surface area contributed by atoms with Crippen LogP contribution in [0.15, 0.2) is 48.5 Å². The van der Waals surface area contributed by atoms with E-state index < -0.39 is 11.9 Å². The second kappa shape index (κ2) is 6.70. The summed E-state index contributed by atoms with van der Waals surface area (Å²) in [6.45, 7) is 2.12. The van der Waals surface area contributed by atoms with E-state index in [1.807, 2.05) is 31.2 Å². The van der Waals surface area contributed by atoms with Gasteiger partial charge in [0.05, 0.1) is 18.2 Å². The molecule has 2 rings (SSSR count). The monoisotopic (exact) mass is 284 g/mol. The molecule has 0 atom stereocenters. The topological polar surface area (TPSA) is 52.6 Å². The van der Waals surface area contributed by atoms with Crippen LogP contribution in [-0.4, -0.2) is 19.0 Å². The number of aryl methyl sites for hydroxylation is 1. The Bertz CT molecular complexity index is 661. The first kappa shape index (κ1) is 14.8. The van der Waals surface area contributed by atoms with Gasteiger partial charge in [-0.05, 0) is 30.2 Å². The zero-order valence-electron chi connectivity index (χ0n) is 12.0. The first-order valence-corrected chi connectivity index (χ1v) is 6.52. The van der Waals surface area contributed by atoms with E-state index in [4.69, 9.17) is 4.74 Å². The molecule has 0 heterocycles. The van der Waals surface area contributed by atoms with E-state index >= 15 is 0 Å². The van der Waals surface area contributed by atoms with Crippen molar-refractivity contribution in [2.24, 2.45) is 0 Å². The molecule has 0 amide bonds. The minimum Gasteiger partial charge on any atom is -0.465 e. The molecule has 0 saturated heterocycles. The third kappa shape index (κ3) is 3.48. The summed E-state index contributed by atoms with van der Waals surface area (Å²) in [6, 6.07) is 14.1. The largest absolute Gasteiger partial charge is 0.465 e. The van der Waals surface area contributed by atoms with Crippen molar-refractivity contribution >= 4 is 11.9 Å². The van der Waals surface area contributed by atoms with E-state index in [9.17, 15) is 9.59 Å². The van der Waals surface area contributed by atoms with Crippen molar-refractivity contribution in [1.29, 1.82) is 0 Å². The third-order valence-electron chi connectivity index (χ3n) is 3.17. The molecule has 0 fully saturated rings. The molecule has 0 radical (unpaired) electrons. The maximum Gasteiger partial charge on any atom is 0.339 e. The summed E-state index contributed by atoms with van der Waals surface area (Å²) in [5.41, 5.74) is 2.39. The summed E-state index contributed by atoms with van der Waals surface area (Å²) in [4.78, 5) is 23.8. The highest BCUT2D eigenvalue weighted by molar-refractivity contribution is 6.03. The number of ether oxygens (including phenoxy) is 2. The molecule has 2 aromatic carbocycles. The van der Waals surface area contributed by atoms with Gasteiger partial charge < -0.3 is 9.47 Å². The maximum absolute atomic E-state index is 12.1. The summed E-state index contributed by atoms with van der Waals surface area (Å²) in [6.07, 6.45) is 0. The zero-order chi connectivity index (χ0) is 15.2. The van der Waals surface area contributed by atoms with E-state index in [1.165, 1.54) is 13.2 Å². The SMILES string of the molecule is COC(=O)c1ccccc1C(=O)OCc1ccccc1C. The molecule has 0 N–H and O–H groups in total. The number of hydrogen-bond donors (Lipinski definition) is 0. The van der Waals surface area contributed by atoms with Gasteiger partial charge in [-0.15, -0.1) is 0 Å². The number of hydrogen-bond acceptors (Lipinski definition) is 4. The van der Waals surface area contributed by atoms with Crippen LogP contribution in [0.2, 0.25) is 0 Å². The van der Waals surface area contributed by atoms with Gasteiger partial charge in [0.15, 0.2) is 0 Å². The molecule has 0 spiro atoms. The van der Waals surface area contributed by atoms with Gasteiger partial charge in [0.2, 0.25) is 0 Å². The Morgan fingerprint density at radius 3 is 2.10 bits per heavy atom. The highest BCUT2D eigenvalue weighted by atomic mass is 16.5. The minimum atomic E-state index is -0.557. The van der Waals surface area contributed by atoms with Crippen molar-refractivity contribution in [3.63, 3.8) is 0 Å². The van der Waals surface area contributed by atoms with Crippen molar-refractivity contribution in [2.75, 3.05) is 7.11 Å². The van der Waals surface area contributed by atoms with Gasteiger partial charge in [0.1, 0.15) is 6.61 Å². The Morgan fingerprint density at radius 2 is 1.48 bits per heavy atom. The molecule has 0 aliphatic heterocycles. The van der Waals surface area contributed by atoms with Gasteiger partial charge in [-0.3, -0.25) is 0 Å². The Kier molecular flexibility index (Phi) is 4.72. The molecule has 2 aromatic rings. The maximum atomic E-state index is 12.1. The Hall–Kier alpha value is -2.62. The van der Waals surface area contributed by atoms with Crippen molar-refractivity contribution in [2.45, 2.75) is 13.5 Å². The van der Waals surface area contributed by atoms with Crippen LogP contribution in [0.25, 0.3) is 0 Å². The van der Waals surface area contributed by atoms with Gasteiger partial charge in [-0.25, -0.2) is 9.59 Å². The van der Waals surface area contributed by atoms with E-state index in [-0.39, 0.29) is 17.7 Å². The van der Waals surface area contributed by atoms with Crippen molar-refractivity contribution in [3.05, 3.63) is 70.8 Å². The van der Waals surface area contributed by atoms with E-state index in [0.29, 0.717) is 0 Å². The predicted octanol–water partition coefficient (Wildman–Crippen LogP) is 3.14. The second-order valence-electron chi connectivity index (χ2n) is 4.54. The van der Waals surface area contributed by atoms with Crippen LogP contribution in [0.5, 0.6) is 0 Å². The smallest absolute Gasteiger partial charge is 0.339 e. The van der Waals surface area contributed by atoms with Crippen LogP contribution in [0, 0.1) is 6.92 Å². The fraction of sp³-hybridized carbons (Fsp3) is 0.176. The second-order valence-corrected chi connectivity index (χ2v) is 4.54. The molecular weight excluding hydrogens is 268 g/mol. The van der Waals surface area contributed by atoms with E-state index in [1.54, 1.807) is 18.2 Å². The molecule has 0 aliphatic carbocycles. The predicted molar refractivity (Wildman–Crippen MR) is 78.1 cm³/mol. The van der Waals surface area contributed by atoms with Gasteiger partial charge in [0, 0.05) is 0 Å². The van der Waals surface area contributed by atoms with Crippen LogP contribution in [0.4, 0.5) is 0 Å². The molecule has 0 aromatic heterocycles. The molecule has 4 heteroatoms. The third-order valence-corrected chi connectivity index (χ3v) is 3.17. The molecule has 0 bridgehead atoms. The van der Waals surface area contributed by atoms with Gasteiger partial charge in [-0.1, -0.05) is 36.4 Å². The lowest BCUT2D eigenvalue weighted by Gasteiger charge is -2.09. The van der Waals surface area contributed by atoms with Crippen LogP contribution < -0.4 is 0 Å². The quantitative estimate of drug-likeness (QED) is 0.809. The first-order valence-electron chi connectivity index (χ1n) is 6.52. The summed E-state index contributed by atoms with van der Waals surface area (Å²) in [5, 5.41) is 0. The van der Waals surface area contributed by atoms with Crippen molar-refractivity contribution in [3.8, 4) is 0 Å². The molecule has 0 aliphatic rings. The van der Waals surface area contributed by atoms with Crippen LogP contribution >= 0.6 is 0 Å². The summed E-state index contributed by atoms with van der Waals surface area (Å²) < 4.78 is 9.95. The molecular formula is C17H16O4. The molecule has 4 nitrogen and oxygen atoms in total. The summed E-state index contributed by atoms with van der Waals surface area (Å²) in [5.74, 6) is -1.10. The van der Waals surface area contributed by atoms with Crippen molar-refractivity contribution < 1.29 is 19.1 Å². The summed E-state index contributed by atoms with van der Waals surface area (Å²) >= 11 is 0. The lowest BCUT2D eigenvalue weighted by Crippen LogP contribution is -2.13. The average Bonchev–Trinajstić information content (AvgIpc) is 2.53. The number of carbonyl (C=O) groups is 2. The van der Waals surface area contributed by atoms with E-state index in [2.05, 4.69) is 4.74 Å². The van der Waals surface area contributed by atoms with Gasteiger partial charge in [0.25, 0.3) is 0 Å². The number of carbonyl (C=O) groups excluding carboxylic acids is 2. The first-order chi connectivity index (χ1) is 10.1. The Balaban J connectivity index is 2.14. The highest BCUT2D eigenvalue weighted by Crippen LogP contribution is 2.14. The van der Waals surface area contributed by atoms with E-state index in [0.717, 1.165) is 11.1 Å². The Labute approximate surface area is 123 Å².